The molecule has 5 nitrogen and oxygen atoms in total. The second kappa shape index (κ2) is 6.32. The fourth-order valence-corrected chi connectivity index (χ4v) is 4.13. The summed E-state index contributed by atoms with van der Waals surface area (Å²) in [4.78, 5) is 0. The molecule has 0 amide bonds. The Hall–Kier alpha value is -0.170. The number of rotatable bonds is 6. The van der Waals surface area contributed by atoms with Gasteiger partial charge in [0.05, 0.1) is 0 Å². The van der Waals surface area contributed by atoms with Crippen LogP contribution >= 0.6 is 0 Å². The highest BCUT2D eigenvalue weighted by atomic mass is 32.2. The van der Waals surface area contributed by atoms with Crippen molar-refractivity contribution in [2.75, 3.05) is 20.1 Å². The van der Waals surface area contributed by atoms with Crippen LogP contribution in [0.2, 0.25) is 0 Å². The van der Waals surface area contributed by atoms with Crippen molar-refractivity contribution >= 4 is 10.2 Å². The Morgan fingerprint density at radius 2 is 1.89 bits per heavy atom. The maximum absolute atomic E-state index is 12.1. The number of nitrogens with two attached hydrogens (primary N) is 1. The third-order valence-electron chi connectivity index (χ3n) is 4.35. The molecule has 1 fully saturated rings. The van der Waals surface area contributed by atoms with E-state index in [1.165, 1.54) is 10.7 Å². The van der Waals surface area contributed by atoms with E-state index in [1.807, 2.05) is 0 Å². The van der Waals surface area contributed by atoms with Gasteiger partial charge in [0.25, 0.3) is 10.2 Å². The zero-order valence-electron chi connectivity index (χ0n) is 11.8. The zero-order valence-corrected chi connectivity index (χ0v) is 12.6. The monoisotopic (exact) mass is 277 g/mol. The molecule has 1 aliphatic rings. The number of likely N-dealkylation sites (N-methyl/N-ethyl adjacent to an activating group) is 1. The lowest BCUT2D eigenvalue weighted by Gasteiger charge is -2.44. The minimum atomic E-state index is -3.40. The number of nitrogens with one attached hydrogen (secondary N) is 1. The molecule has 108 valence electrons. The Balaban J connectivity index is 2.83. The molecule has 3 N–H and O–H groups in total. The van der Waals surface area contributed by atoms with Crippen LogP contribution in [0.5, 0.6) is 0 Å². The molecule has 1 aliphatic carbocycles. The van der Waals surface area contributed by atoms with E-state index in [-0.39, 0.29) is 0 Å². The summed E-state index contributed by atoms with van der Waals surface area (Å²) in [6.07, 6.45) is 5.04. The minimum absolute atomic E-state index is 0.393. The Kier molecular flexibility index (Phi) is 5.58. The fraction of sp³-hybridized carbons (Fsp3) is 1.00. The van der Waals surface area contributed by atoms with E-state index in [9.17, 15) is 8.42 Å². The minimum Gasteiger partial charge on any atom is -0.329 e. The summed E-state index contributed by atoms with van der Waals surface area (Å²) in [7, 11) is -1.75. The van der Waals surface area contributed by atoms with Gasteiger partial charge in [-0.3, -0.25) is 0 Å². The predicted octanol–water partition coefficient (Wildman–Crippen LogP) is 1.07. The van der Waals surface area contributed by atoms with E-state index in [2.05, 4.69) is 11.6 Å². The van der Waals surface area contributed by atoms with Crippen molar-refractivity contribution in [1.29, 1.82) is 0 Å². The van der Waals surface area contributed by atoms with Crippen molar-refractivity contribution in [3.63, 3.8) is 0 Å². The van der Waals surface area contributed by atoms with E-state index in [1.54, 1.807) is 14.0 Å². The summed E-state index contributed by atoms with van der Waals surface area (Å²) in [5.74, 6) is 0.722. The molecule has 6 heteroatoms. The molecule has 18 heavy (non-hydrogen) atoms. The molecule has 0 aromatic carbocycles. The largest absolute Gasteiger partial charge is 0.329 e. The van der Waals surface area contributed by atoms with Crippen LogP contribution in [0.3, 0.4) is 0 Å². The normalized spacial score (nSPS) is 29.7. The molecular formula is C12H27N3O2S. The van der Waals surface area contributed by atoms with Gasteiger partial charge < -0.3 is 5.73 Å². The molecule has 0 aromatic heterocycles. The first-order valence-electron chi connectivity index (χ1n) is 6.85. The van der Waals surface area contributed by atoms with Crippen molar-refractivity contribution in [2.45, 2.75) is 51.5 Å². The van der Waals surface area contributed by atoms with Crippen LogP contribution in [0, 0.1) is 5.92 Å². The average molecular weight is 277 g/mol. The van der Waals surface area contributed by atoms with E-state index < -0.39 is 15.7 Å². The number of hydrogen-bond donors (Lipinski definition) is 2. The Morgan fingerprint density at radius 1 is 1.33 bits per heavy atom. The smallest absolute Gasteiger partial charge is 0.279 e. The van der Waals surface area contributed by atoms with E-state index in [0.29, 0.717) is 13.1 Å². The van der Waals surface area contributed by atoms with Crippen LogP contribution in [0.4, 0.5) is 0 Å². The lowest BCUT2D eigenvalue weighted by atomic mass is 9.75. The van der Waals surface area contributed by atoms with Gasteiger partial charge in [-0.1, -0.05) is 20.3 Å². The molecule has 1 rings (SSSR count). The number of hydrogen-bond acceptors (Lipinski definition) is 3. The van der Waals surface area contributed by atoms with Gasteiger partial charge in [-0.2, -0.15) is 12.7 Å². The molecule has 1 saturated carbocycles. The molecule has 0 saturated heterocycles. The summed E-state index contributed by atoms with van der Waals surface area (Å²) in [6.45, 7) is 4.78. The van der Waals surface area contributed by atoms with Crippen LogP contribution in [-0.4, -0.2) is 38.4 Å². The first-order chi connectivity index (χ1) is 8.41. The Bertz CT molecular complexity index is 348. The van der Waals surface area contributed by atoms with Crippen LogP contribution < -0.4 is 10.5 Å². The van der Waals surface area contributed by atoms with Gasteiger partial charge in [0.2, 0.25) is 0 Å². The van der Waals surface area contributed by atoms with E-state index in [4.69, 9.17) is 5.73 Å². The highest BCUT2D eigenvalue weighted by Crippen LogP contribution is 2.37. The fourth-order valence-electron chi connectivity index (χ4n) is 2.80. The van der Waals surface area contributed by atoms with Crippen LogP contribution in [0.15, 0.2) is 0 Å². The topological polar surface area (TPSA) is 75.4 Å². The highest BCUT2D eigenvalue weighted by Gasteiger charge is 2.42. The van der Waals surface area contributed by atoms with Crippen LogP contribution in [-0.2, 0) is 10.2 Å². The first-order valence-corrected chi connectivity index (χ1v) is 8.29. The van der Waals surface area contributed by atoms with Crippen LogP contribution in [0.25, 0.3) is 0 Å². The molecule has 0 atom stereocenters. The van der Waals surface area contributed by atoms with Gasteiger partial charge in [-0.25, -0.2) is 4.72 Å². The summed E-state index contributed by atoms with van der Waals surface area (Å²) in [5, 5.41) is 0. The molecule has 0 unspecified atom stereocenters. The van der Waals surface area contributed by atoms with E-state index in [0.717, 1.165) is 31.6 Å². The van der Waals surface area contributed by atoms with Crippen molar-refractivity contribution in [2.24, 2.45) is 11.7 Å². The summed E-state index contributed by atoms with van der Waals surface area (Å²) in [6, 6.07) is 0. The highest BCUT2D eigenvalue weighted by molar-refractivity contribution is 7.87. The van der Waals surface area contributed by atoms with E-state index >= 15 is 0 Å². The second-order valence-corrected chi connectivity index (χ2v) is 7.04. The summed E-state index contributed by atoms with van der Waals surface area (Å²) >= 11 is 0. The van der Waals surface area contributed by atoms with Crippen molar-refractivity contribution in [3.05, 3.63) is 0 Å². The van der Waals surface area contributed by atoms with Crippen molar-refractivity contribution in [3.8, 4) is 0 Å². The lowest BCUT2D eigenvalue weighted by Crippen LogP contribution is -2.58. The quantitative estimate of drug-likeness (QED) is 0.762. The Morgan fingerprint density at radius 3 is 2.28 bits per heavy atom. The molecule has 0 bridgehead atoms. The van der Waals surface area contributed by atoms with Gasteiger partial charge in [0.15, 0.2) is 0 Å². The Labute approximate surface area is 111 Å². The molecule has 0 spiro atoms. The predicted molar refractivity (Wildman–Crippen MR) is 74.4 cm³/mol. The molecule has 0 radical (unpaired) electrons. The third kappa shape index (κ3) is 3.23. The van der Waals surface area contributed by atoms with Gasteiger partial charge >= 0.3 is 0 Å². The lowest BCUT2D eigenvalue weighted by molar-refractivity contribution is 0.127. The van der Waals surface area contributed by atoms with Gasteiger partial charge in [0, 0.05) is 25.7 Å². The summed E-state index contributed by atoms with van der Waals surface area (Å²) in [5.41, 5.74) is 5.49. The molecule has 0 aliphatic heterocycles. The maximum atomic E-state index is 12.1. The van der Waals surface area contributed by atoms with Gasteiger partial charge in [-0.15, -0.1) is 0 Å². The van der Waals surface area contributed by atoms with Crippen LogP contribution in [0.1, 0.15) is 46.0 Å². The molecule has 0 aromatic rings. The SMILES string of the molecule is CCNS(=O)(=O)N(C)C1(CN)CCC(CC)CC1. The van der Waals surface area contributed by atoms with Crippen molar-refractivity contribution in [1.82, 2.24) is 9.03 Å². The third-order valence-corrected chi connectivity index (χ3v) is 6.11. The molecule has 0 heterocycles. The van der Waals surface area contributed by atoms with Gasteiger partial charge in [-0.05, 0) is 31.6 Å². The average Bonchev–Trinajstić information content (AvgIpc) is 2.38. The number of nitrogens with zero attached hydrogens (tertiary/aromatic N) is 1. The second-order valence-electron chi connectivity index (χ2n) is 5.25. The zero-order chi connectivity index (χ0) is 13.8. The first kappa shape index (κ1) is 15.9. The van der Waals surface area contributed by atoms with Gasteiger partial charge in [0.1, 0.15) is 0 Å². The van der Waals surface area contributed by atoms with Crippen molar-refractivity contribution < 1.29 is 8.42 Å². The molecular weight excluding hydrogens is 250 g/mol. The maximum Gasteiger partial charge on any atom is 0.279 e. The standard InChI is InChI=1S/C12H27N3O2S/c1-4-11-6-8-12(10-13,9-7-11)15(3)18(16,17)14-5-2/h11,14H,4-10,13H2,1-3H3. The summed E-state index contributed by atoms with van der Waals surface area (Å²) < 4.78 is 28.2.